The van der Waals surface area contributed by atoms with E-state index >= 15 is 158 Å². The van der Waals surface area contributed by atoms with Gasteiger partial charge in [0, 0.05) is 49.0 Å². The van der Waals surface area contributed by atoms with Gasteiger partial charge < -0.3 is 5.32 Å². The summed E-state index contributed by atoms with van der Waals surface area (Å²) in [5.41, 5.74) is -20.4. The van der Waals surface area contributed by atoms with Crippen molar-refractivity contribution in [3.05, 3.63) is 268 Å². The summed E-state index contributed by atoms with van der Waals surface area (Å²) in [6.07, 6.45) is 5.57. The normalized spacial score (nSPS) is 13.1. The van der Waals surface area contributed by atoms with Crippen molar-refractivity contribution in [3.63, 3.8) is 0 Å². The topological polar surface area (TPSA) is 16.6 Å². The van der Waals surface area contributed by atoms with Crippen molar-refractivity contribution in [2.75, 3.05) is 13.1 Å². The minimum atomic E-state index is -8.50. The number of benzene rings is 18. The number of rotatable bonds is 20. The number of hydrogen-bond donors (Lipinski definition) is 1. The Kier molecular flexibility index (Phi) is 26.4. The van der Waals surface area contributed by atoms with E-state index in [1.807, 2.05) is 0 Å². The van der Waals surface area contributed by atoms with Crippen LogP contribution in [0.4, 0.5) is 202 Å². The molecule has 18 rings (SSSR count). The molecule has 0 fully saturated rings. The molecule has 1 nitrogen and oxygen atoms in total. The maximum absolute atomic E-state index is 19.3. The highest BCUT2D eigenvalue weighted by Crippen LogP contribution is 2.55. The molecule has 758 valence electrons. The highest BCUT2D eigenvalue weighted by atomic mass is 19.2. The lowest BCUT2D eigenvalue weighted by Crippen LogP contribution is -2.85. The fourth-order valence-electron chi connectivity index (χ4n) is 20.2. The monoisotopic (exact) mass is 2100 g/mol. The van der Waals surface area contributed by atoms with Gasteiger partial charge in [0.05, 0.1) is 88.9 Å². The van der Waals surface area contributed by atoms with Gasteiger partial charge in [-0.05, 0) is 52.6 Å². The van der Waals surface area contributed by atoms with Crippen molar-refractivity contribution < 1.29 is 207 Å². The molecule has 0 amide bonds. The lowest BCUT2D eigenvalue weighted by Gasteiger charge is -2.48. The first-order chi connectivity index (χ1) is 67.6. The molecule has 18 aromatic carbocycles. The molecule has 48 heteroatoms. The van der Waals surface area contributed by atoms with Crippen LogP contribution in [0.15, 0.2) is 0 Å². The quantitative estimate of drug-likeness (QED) is 0.0196. The van der Waals surface area contributed by atoms with Crippen LogP contribution in [-0.4, -0.2) is 19.2 Å². The Hall–Kier alpha value is -13.1. The Labute approximate surface area is 770 Å². The number of hydrogen-bond acceptors (Lipinski definition) is 0. The van der Waals surface area contributed by atoms with Crippen molar-refractivity contribution in [1.29, 1.82) is 0 Å². The van der Waals surface area contributed by atoms with Crippen LogP contribution in [-0.2, 0) is 0 Å². The second-order valence-electron chi connectivity index (χ2n) is 34.0. The van der Waals surface area contributed by atoms with Crippen molar-refractivity contribution in [1.82, 2.24) is 0 Å². The van der Waals surface area contributed by atoms with Gasteiger partial charge in [-0.25, -0.2) is 202 Å². The van der Waals surface area contributed by atoms with E-state index in [-0.39, 0.29) is 0 Å². The Balaban J connectivity index is 0.000000285. The van der Waals surface area contributed by atoms with Gasteiger partial charge >= 0.3 is 0 Å². The fraction of sp³-hybridized carbons (Fsp3) is 0.208. The van der Waals surface area contributed by atoms with E-state index in [0.717, 1.165) is 17.8 Å². The SMILES string of the molecule is CCCCC(CC)CC[NH2+]CC(C)CCC(CC)CCC.Fc1c(F)c(F)c(-c2c(F)c(F)c(F)c(F)c2F)c(F)c1F.Fc1c(F)c2c(F)c(F)c3c(F)c(F)c([B-](c4c(F)c(F)c5c(F)c(F)c6c(F)c(F)c(F)c7c(F)c(F)c4c5c67)(c4c(F)c(F)c5c(F)c(F)c6c(F)c(F)c(F)c7c(F)c(F)c4c5c67)c4c(F)c(F)c5c(F)c(F)c6c(F)c(F)c(F)c7c(F)c(F)c4c5c67)c4c(F)c(F)c(c1F)c2c34. The molecule has 0 aliphatic heterocycles. The van der Waals surface area contributed by atoms with Crippen LogP contribution >= 0.6 is 0 Å². The van der Waals surface area contributed by atoms with E-state index in [4.69, 9.17) is 0 Å². The van der Waals surface area contributed by atoms with Crippen LogP contribution in [0.2, 0.25) is 0 Å². The fourth-order valence-corrected chi connectivity index (χ4v) is 20.2. The first-order valence-electron chi connectivity index (χ1n) is 42.1. The minimum Gasteiger partial charge on any atom is -0.346 e. The number of quaternary nitrogens is 1. The molecule has 0 bridgehead atoms. The number of halogens is 46. The maximum atomic E-state index is 19.3. The van der Waals surface area contributed by atoms with E-state index < -0.39 is 436 Å². The second kappa shape index (κ2) is 36.6. The zero-order valence-electron chi connectivity index (χ0n) is 71.8. The average Bonchev–Trinajstić information content (AvgIpc) is 0.644. The molecule has 18 aromatic rings. The number of nitrogens with two attached hydrogens (primary N) is 1. The molecule has 0 radical (unpaired) electrons. The molecule has 3 unspecified atom stereocenters. The molecule has 0 saturated carbocycles. The highest BCUT2D eigenvalue weighted by molar-refractivity contribution is 7.23. The zero-order chi connectivity index (χ0) is 106. The van der Waals surface area contributed by atoms with Crippen molar-refractivity contribution in [2.24, 2.45) is 17.8 Å². The zero-order valence-corrected chi connectivity index (χ0v) is 71.8. The molecule has 0 aromatic heterocycles. The number of unbranched alkanes of at least 4 members (excludes halogenated alkanes) is 1. The summed E-state index contributed by atoms with van der Waals surface area (Å²) in [4.78, 5) is 0. The molecule has 144 heavy (non-hydrogen) atoms. The van der Waals surface area contributed by atoms with Gasteiger partial charge in [0.2, 0.25) is 11.6 Å². The molecule has 0 aliphatic carbocycles. The summed E-state index contributed by atoms with van der Waals surface area (Å²) in [5.74, 6) is -153. The van der Waals surface area contributed by atoms with Gasteiger partial charge in [-0.15, -0.1) is 21.9 Å². The molecule has 0 spiro atoms. The molecular weight excluding hydrogens is 2050 g/mol. The van der Waals surface area contributed by atoms with Crippen LogP contribution in [0.25, 0.3) is 140 Å². The minimum absolute atomic E-state index is 0.895. The Morgan fingerprint density at radius 2 is 0.333 bits per heavy atom. The Morgan fingerprint density at radius 3 is 0.528 bits per heavy atom. The third-order valence-electron chi connectivity index (χ3n) is 26.7. The smallest absolute Gasteiger partial charge is 0.200 e. The maximum Gasteiger partial charge on any atom is 0.200 e. The van der Waals surface area contributed by atoms with Crippen molar-refractivity contribution in [3.8, 4) is 11.1 Å². The molecule has 0 heterocycles. The van der Waals surface area contributed by atoms with Crippen LogP contribution in [0, 0.1) is 285 Å². The summed E-state index contributed by atoms with van der Waals surface area (Å²) < 4.78 is 752. The third-order valence-corrected chi connectivity index (χ3v) is 26.7. The molecule has 0 saturated heterocycles. The van der Waals surface area contributed by atoms with Crippen LogP contribution in [0.1, 0.15) is 98.8 Å². The first kappa shape index (κ1) is 104. The average molecular weight is 2100 g/mol. The summed E-state index contributed by atoms with van der Waals surface area (Å²) in [5, 5.41) is -68.7. The van der Waals surface area contributed by atoms with E-state index in [1.54, 1.807) is 0 Å². The van der Waals surface area contributed by atoms with Crippen LogP contribution in [0.3, 0.4) is 0 Å². The molecule has 0 aliphatic rings. The highest BCUT2D eigenvalue weighted by Gasteiger charge is 2.54. The van der Waals surface area contributed by atoms with E-state index in [2.05, 4.69) is 39.9 Å². The van der Waals surface area contributed by atoms with Gasteiger partial charge in [0.15, 0.2) is 233 Å². The lowest BCUT2D eigenvalue weighted by atomic mass is 9.11. The van der Waals surface area contributed by atoms with Crippen LogP contribution < -0.4 is 27.2 Å². The van der Waals surface area contributed by atoms with Crippen LogP contribution in [0.5, 0.6) is 0 Å². The predicted octanol–water partition coefficient (Wildman–Crippen LogP) is 29.8. The van der Waals surface area contributed by atoms with E-state index in [9.17, 15) is 43.9 Å². The molecular formula is C96H44BF46N. The lowest BCUT2D eigenvalue weighted by molar-refractivity contribution is -0.661. The van der Waals surface area contributed by atoms with Gasteiger partial charge in [-0.3, -0.25) is 0 Å². The van der Waals surface area contributed by atoms with Gasteiger partial charge in [0.1, 0.15) is 29.4 Å². The van der Waals surface area contributed by atoms with E-state index in [1.165, 1.54) is 77.3 Å². The summed E-state index contributed by atoms with van der Waals surface area (Å²) in [6, 6.07) is 0. The molecule has 3 atom stereocenters. The standard InChI is InChI=1S/C64BF36.C20H43N.C12F10/c66-29-9-1-5-17(33(29)70)49(86)61(98)53(90)21(5)41(78)37(74)13(1)45(82)57(94)25(9)65(26-10-2-6-18(34(71)30(10)67)50(87)62(99)54(91)22(6)42(79)38(75)14(2)46(83)58(26)95,27-11-3-7-19(35(72)31(11)68)51(88)63(100)55(92)23(7)43(80)39(76)15(3)47(84)59(27)96)28-12-4-8-20(36(73)32(12)69)52(89)64(101)56(93)24(8)44(81)40(77)16(4)48(85)60(28)97;1-6-10-12-20(9-4)15-16-21-17-18(5)13-14-19(8-3)11-7-2;13-3-1(4(14)8(18)11(21)7(3)17)2-5(15)9(19)12(22)10(20)6(2)16/h;18-21H,6-17H2,1-5H3;/q-1;;/p+1. The van der Waals surface area contributed by atoms with Gasteiger partial charge in [-0.2, -0.15) is 0 Å². The van der Waals surface area contributed by atoms with Gasteiger partial charge in [-0.1, -0.05) is 79.6 Å². The largest absolute Gasteiger partial charge is 0.346 e. The predicted molar refractivity (Wildman–Crippen MR) is 431 cm³/mol. The molecule has 2 N–H and O–H groups in total. The summed E-state index contributed by atoms with van der Waals surface area (Å²) >= 11 is 0. The first-order valence-corrected chi connectivity index (χ1v) is 42.1. The van der Waals surface area contributed by atoms with Crippen molar-refractivity contribution >= 4 is 157 Å². The Morgan fingerprint density at radius 1 is 0.167 bits per heavy atom. The third kappa shape index (κ3) is 13.9. The second-order valence-corrected chi connectivity index (χ2v) is 34.0. The summed E-state index contributed by atoms with van der Waals surface area (Å²) in [6.45, 7) is 14.5. The van der Waals surface area contributed by atoms with Gasteiger partial charge in [0.25, 0.3) is 0 Å². The Bertz CT molecular complexity index is 7620. The van der Waals surface area contributed by atoms with E-state index in [0.29, 0.717) is 0 Å². The summed E-state index contributed by atoms with van der Waals surface area (Å²) in [7, 11) is 0. The van der Waals surface area contributed by atoms with Crippen molar-refractivity contribution in [2.45, 2.75) is 98.8 Å².